The molecule has 2 aromatic heterocycles. The molecule has 19 heavy (non-hydrogen) atoms. The third kappa shape index (κ3) is 2.89. The van der Waals surface area contributed by atoms with E-state index in [-0.39, 0.29) is 11.3 Å². The Hall–Kier alpha value is -1.56. The van der Waals surface area contributed by atoms with E-state index in [1.807, 2.05) is 20.8 Å². The van der Waals surface area contributed by atoms with Crippen LogP contribution in [0.5, 0.6) is 0 Å². The lowest BCUT2D eigenvalue weighted by Gasteiger charge is -2.05. The maximum absolute atomic E-state index is 11.9. The van der Waals surface area contributed by atoms with Crippen LogP contribution in [0, 0.1) is 6.92 Å². The largest absolute Gasteiger partial charge is 0.403 e. The van der Waals surface area contributed by atoms with Crippen molar-refractivity contribution < 1.29 is 4.42 Å². The van der Waals surface area contributed by atoms with Gasteiger partial charge in [0.25, 0.3) is 5.56 Å². The summed E-state index contributed by atoms with van der Waals surface area (Å²) < 4.78 is 5.06. The summed E-state index contributed by atoms with van der Waals surface area (Å²) in [6, 6.07) is 0. The predicted molar refractivity (Wildman–Crippen MR) is 78.1 cm³/mol. The van der Waals surface area contributed by atoms with E-state index in [0.29, 0.717) is 28.1 Å². The van der Waals surface area contributed by atoms with E-state index in [0.717, 1.165) is 0 Å². The molecule has 0 aliphatic heterocycles. The summed E-state index contributed by atoms with van der Waals surface area (Å²) in [4.78, 5) is 30.3. The first-order valence-corrected chi connectivity index (χ1v) is 7.41. The van der Waals surface area contributed by atoms with Crippen molar-refractivity contribution in [3.63, 3.8) is 0 Å². The molecule has 5 nitrogen and oxygen atoms in total. The molecule has 0 saturated carbocycles. The first-order valence-electron chi connectivity index (χ1n) is 6.19. The third-order valence-corrected chi connectivity index (χ3v) is 3.24. The zero-order valence-corrected chi connectivity index (χ0v) is 12.6. The summed E-state index contributed by atoms with van der Waals surface area (Å²) in [6.07, 6.45) is 2.38. The molecule has 2 heterocycles. The molecule has 104 valence electrons. The molecule has 0 aliphatic carbocycles. The number of hydrogen-bond acceptors (Lipinski definition) is 5. The predicted octanol–water partition coefficient (Wildman–Crippen LogP) is 2.50. The fourth-order valence-corrected chi connectivity index (χ4v) is 2.16. The summed E-state index contributed by atoms with van der Waals surface area (Å²) in [7, 11) is 0. The second kappa shape index (κ2) is 6.56. The van der Waals surface area contributed by atoms with Gasteiger partial charge in [-0.05, 0) is 25.2 Å². The maximum Gasteiger partial charge on any atom is 0.340 e. The Morgan fingerprint density at radius 1 is 1.32 bits per heavy atom. The average molecular weight is 282 g/mol. The van der Waals surface area contributed by atoms with Gasteiger partial charge in [0.05, 0.1) is 0 Å². The maximum atomic E-state index is 11.9. The van der Waals surface area contributed by atoms with Gasteiger partial charge in [-0.2, -0.15) is 4.98 Å². The van der Waals surface area contributed by atoms with Crippen LogP contribution >= 0.6 is 11.8 Å². The molecule has 0 fully saturated rings. The number of thioether (sulfide) groups is 1. The van der Waals surface area contributed by atoms with Gasteiger partial charge in [0.2, 0.25) is 5.71 Å². The van der Waals surface area contributed by atoms with Crippen LogP contribution in [0.2, 0.25) is 0 Å². The minimum absolute atomic E-state index is 0.116. The molecule has 0 radical (unpaired) electrons. The summed E-state index contributed by atoms with van der Waals surface area (Å²) >= 11 is 1.29. The number of aryl methyl sites for hydroxylation is 1. The minimum atomic E-state index is -0.431. The molecule has 0 saturated heterocycles. The second-order valence-corrected chi connectivity index (χ2v) is 4.40. The summed E-state index contributed by atoms with van der Waals surface area (Å²) in [5.74, 6) is 0. The number of H-pyrrole nitrogens is 1. The molecule has 0 aromatic carbocycles. The van der Waals surface area contributed by atoms with Crippen LogP contribution in [0.4, 0.5) is 0 Å². The quantitative estimate of drug-likeness (QED) is 0.676. The molecular weight excluding hydrogens is 264 g/mol. The fourth-order valence-electron chi connectivity index (χ4n) is 1.79. The molecular formula is C13H18N2O3S. The van der Waals surface area contributed by atoms with Gasteiger partial charge >= 0.3 is 5.63 Å². The van der Waals surface area contributed by atoms with Crippen molar-refractivity contribution in [2.45, 2.75) is 39.3 Å². The number of nitrogens with zero attached hydrogens (tertiary/aromatic N) is 1. The standard InChI is InChI=1S/C11H12N2O3S.C2H6/c1-4-6-5(2)10(15)16-9-7(6)8(14)12-11(13-9)17-3;1-2/h4H2,1-3H3,(H,12,13,14);1-2H3. The Morgan fingerprint density at radius 3 is 2.47 bits per heavy atom. The molecule has 0 bridgehead atoms. The van der Waals surface area contributed by atoms with Crippen molar-refractivity contribution >= 4 is 22.9 Å². The number of aromatic nitrogens is 2. The highest BCUT2D eigenvalue weighted by Crippen LogP contribution is 2.17. The van der Waals surface area contributed by atoms with Gasteiger partial charge in [-0.25, -0.2) is 4.79 Å². The number of aromatic amines is 1. The molecule has 6 heteroatoms. The summed E-state index contributed by atoms with van der Waals surface area (Å²) in [5.41, 5.74) is 0.606. The van der Waals surface area contributed by atoms with Crippen molar-refractivity contribution in [3.8, 4) is 0 Å². The van der Waals surface area contributed by atoms with Gasteiger partial charge in [-0.15, -0.1) is 0 Å². The van der Waals surface area contributed by atoms with E-state index >= 15 is 0 Å². The number of rotatable bonds is 2. The first kappa shape index (κ1) is 15.5. The Kier molecular flexibility index (Phi) is 5.35. The van der Waals surface area contributed by atoms with Gasteiger partial charge in [0.15, 0.2) is 5.16 Å². The highest BCUT2D eigenvalue weighted by molar-refractivity contribution is 7.98. The number of fused-ring (bicyclic) bond motifs is 1. The van der Waals surface area contributed by atoms with Gasteiger partial charge in [-0.1, -0.05) is 32.5 Å². The number of hydrogen-bond donors (Lipinski definition) is 1. The van der Waals surface area contributed by atoms with Gasteiger partial charge < -0.3 is 9.40 Å². The molecule has 0 unspecified atom stereocenters. The zero-order valence-electron chi connectivity index (χ0n) is 11.8. The number of nitrogens with one attached hydrogen (secondary N) is 1. The average Bonchev–Trinajstić information content (AvgIpc) is 2.42. The molecule has 0 atom stereocenters. The van der Waals surface area contributed by atoms with Crippen molar-refractivity contribution in [1.82, 2.24) is 9.97 Å². The fraction of sp³-hybridized carbons (Fsp3) is 0.462. The van der Waals surface area contributed by atoms with Gasteiger partial charge in [0, 0.05) is 5.56 Å². The van der Waals surface area contributed by atoms with Crippen molar-refractivity contribution in [2.24, 2.45) is 0 Å². The first-order chi connectivity index (χ1) is 9.08. The van der Waals surface area contributed by atoms with Crippen LogP contribution in [-0.2, 0) is 6.42 Å². The van der Waals surface area contributed by atoms with Crippen LogP contribution in [0.3, 0.4) is 0 Å². The molecule has 2 aromatic rings. The lowest BCUT2D eigenvalue weighted by molar-refractivity contribution is 0.535. The van der Waals surface area contributed by atoms with Crippen molar-refractivity contribution in [3.05, 3.63) is 31.9 Å². The molecule has 0 aliphatic rings. The minimum Gasteiger partial charge on any atom is -0.403 e. The van der Waals surface area contributed by atoms with Crippen LogP contribution < -0.4 is 11.2 Å². The van der Waals surface area contributed by atoms with E-state index in [9.17, 15) is 9.59 Å². The second-order valence-electron chi connectivity index (χ2n) is 3.60. The van der Waals surface area contributed by atoms with Crippen LogP contribution in [0.15, 0.2) is 19.2 Å². The van der Waals surface area contributed by atoms with E-state index in [2.05, 4.69) is 9.97 Å². The zero-order chi connectivity index (χ0) is 14.6. The molecule has 2 rings (SSSR count). The Bertz CT molecular complexity index is 689. The van der Waals surface area contributed by atoms with Crippen LogP contribution in [-0.4, -0.2) is 16.2 Å². The smallest absolute Gasteiger partial charge is 0.340 e. The molecule has 1 N–H and O–H groups in total. The lowest BCUT2D eigenvalue weighted by atomic mass is 10.1. The Labute approximate surface area is 115 Å². The van der Waals surface area contributed by atoms with E-state index in [4.69, 9.17) is 4.42 Å². The summed E-state index contributed by atoms with van der Waals surface area (Å²) in [5, 5.41) is 0.818. The third-order valence-electron chi connectivity index (χ3n) is 2.66. The monoisotopic (exact) mass is 282 g/mol. The van der Waals surface area contributed by atoms with E-state index in [1.54, 1.807) is 13.2 Å². The summed E-state index contributed by atoms with van der Waals surface area (Å²) in [6.45, 7) is 7.55. The lowest BCUT2D eigenvalue weighted by Crippen LogP contribution is -2.16. The Morgan fingerprint density at radius 2 is 1.95 bits per heavy atom. The van der Waals surface area contributed by atoms with Gasteiger partial charge in [-0.3, -0.25) is 4.79 Å². The van der Waals surface area contributed by atoms with E-state index in [1.165, 1.54) is 11.8 Å². The molecule has 0 amide bonds. The highest BCUT2D eigenvalue weighted by Gasteiger charge is 2.14. The topological polar surface area (TPSA) is 76.0 Å². The SMILES string of the molecule is CC.CCc1c(C)c(=O)oc2nc(SC)[nH]c(=O)c12. The van der Waals surface area contributed by atoms with Crippen LogP contribution in [0.25, 0.3) is 11.1 Å². The van der Waals surface area contributed by atoms with Crippen LogP contribution in [0.1, 0.15) is 31.9 Å². The van der Waals surface area contributed by atoms with Gasteiger partial charge in [0.1, 0.15) is 5.39 Å². The van der Waals surface area contributed by atoms with Crippen molar-refractivity contribution in [1.29, 1.82) is 0 Å². The van der Waals surface area contributed by atoms with Crippen molar-refractivity contribution in [2.75, 3.05) is 6.26 Å². The highest BCUT2D eigenvalue weighted by atomic mass is 32.2. The molecule has 0 spiro atoms. The Balaban J connectivity index is 0.000000861. The normalized spacial score (nSPS) is 10.2. The van der Waals surface area contributed by atoms with E-state index < -0.39 is 5.63 Å².